The Morgan fingerprint density at radius 2 is 1.63 bits per heavy atom. The summed E-state index contributed by atoms with van der Waals surface area (Å²) >= 11 is 0. The van der Waals surface area contributed by atoms with E-state index < -0.39 is 60.0 Å². The summed E-state index contributed by atoms with van der Waals surface area (Å²) in [4.78, 5) is 68.8. The van der Waals surface area contributed by atoms with E-state index in [1.54, 1.807) is 6.92 Å². The molecule has 2 aliphatic heterocycles. The van der Waals surface area contributed by atoms with E-state index in [9.17, 15) is 29.1 Å². The van der Waals surface area contributed by atoms with Gasteiger partial charge in [0.05, 0.1) is 19.2 Å². The first kappa shape index (κ1) is 34.5. The summed E-state index contributed by atoms with van der Waals surface area (Å²) in [5, 5.41) is 15.0. The summed E-state index contributed by atoms with van der Waals surface area (Å²) in [6, 6.07) is 14.4. The summed E-state index contributed by atoms with van der Waals surface area (Å²) in [7, 11) is 0. The van der Waals surface area contributed by atoms with Crippen LogP contribution in [0.1, 0.15) is 37.3 Å². The topological polar surface area (TPSA) is 197 Å². The van der Waals surface area contributed by atoms with E-state index in [0.29, 0.717) is 13.0 Å². The Kier molecular flexibility index (Phi) is 12.2. The molecule has 7 N–H and O–H groups in total. The number of likely N-dealkylation sites (tertiary alicyclic amines) is 1. The zero-order valence-electron chi connectivity index (χ0n) is 26.0. The van der Waals surface area contributed by atoms with Gasteiger partial charge in [0.15, 0.2) is 6.10 Å². The molecule has 2 saturated heterocycles. The molecule has 0 aromatic heterocycles. The summed E-state index contributed by atoms with van der Waals surface area (Å²) in [5.41, 5.74) is 13.7. The van der Waals surface area contributed by atoms with Crippen molar-refractivity contribution in [1.82, 2.24) is 20.4 Å². The largest absolute Gasteiger partial charge is 0.479 e. The van der Waals surface area contributed by atoms with E-state index in [0.717, 1.165) is 11.1 Å². The summed E-state index contributed by atoms with van der Waals surface area (Å²) in [5.74, 6) is -3.01. The van der Waals surface area contributed by atoms with Gasteiger partial charge in [0, 0.05) is 19.0 Å². The van der Waals surface area contributed by atoms with Crippen LogP contribution in [-0.2, 0) is 41.6 Å². The van der Waals surface area contributed by atoms with Crippen molar-refractivity contribution < 1.29 is 33.8 Å². The quantitative estimate of drug-likeness (QED) is 0.187. The van der Waals surface area contributed by atoms with Crippen LogP contribution in [0, 0.1) is 0 Å². The van der Waals surface area contributed by atoms with E-state index >= 15 is 0 Å². The van der Waals surface area contributed by atoms with Gasteiger partial charge in [-0.3, -0.25) is 19.2 Å². The Labute approximate surface area is 268 Å². The fourth-order valence-corrected chi connectivity index (χ4v) is 6.01. The van der Waals surface area contributed by atoms with Crippen LogP contribution in [0.5, 0.6) is 0 Å². The minimum Gasteiger partial charge on any atom is -0.479 e. The molecular weight excluding hydrogens is 592 g/mol. The fourth-order valence-electron chi connectivity index (χ4n) is 6.01. The second kappa shape index (κ2) is 16.3. The third kappa shape index (κ3) is 8.89. The average molecular weight is 637 g/mol. The molecule has 2 aromatic rings. The van der Waals surface area contributed by atoms with Crippen molar-refractivity contribution in [1.29, 1.82) is 0 Å². The van der Waals surface area contributed by atoms with Gasteiger partial charge >= 0.3 is 5.97 Å². The fraction of sp³-hybridized carbons (Fsp3) is 0.485. The number of carboxylic acid groups (broad SMARTS) is 1. The number of hydrogen-bond donors (Lipinski definition) is 5. The van der Waals surface area contributed by atoms with Gasteiger partial charge in [0.2, 0.25) is 23.6 Å². The third-order valence-electron chi connectivity index (χ3n) is 8.43. The number of benzene rings is 2. The first-order valence-corrected chi connectivity index (χ1v) is 15.7. The predicted molar refractivity (Wildman–Crippen MR) is 169 cm³/mol. The molecule has 2 fully saturated rings. The van der Waals surface area contributed by atoms with Gasteiger partial charge in [0.25, 0.3) is 0 Å². The number of carbonyl (C=O) groups excluding carboxylic acids is 4. The van der Waals surface area contributed by atoms with Gasteiger partial charge in [-0.05, 0) is 50.3 Å². The highest BCUT2D eigenvalue weighted by molar-refractivity contribution is 5.96. The lowest BCUT2D eigenvalue weighted by Crippen LogP contribution is -2.58. The molecule has 13 heteroatoms. The van der Waals surface area contributed by atoms with E-state index in [1.807, 2.05) is 60.7 Å². The number of amides is 4. The molecule has 2 aliphatic rings. The van der Waals surface area contributed by atoms with Crippen LogP contribution in [-0.4, -0.2) is 107 Å². The SMILES string of the molecule is CC1C[C@@H](NC(=O)[C@@H](Cc2ccccc2)NC(=O)[C@H](N)Cc2ccccc2)C(=O)N1[C@H](CCCN)C(=O)N1CCOC(C(=O)O)C1. The van der Waals surface area contributed by atoms with Crippen LogP contribution < -0.4 is 22.1 Å². The van der Waals surface area contributed by atoms with Crippen molar-refractivity contribution in [3.05, 3.63) is 71.8 Å². The Hall–Kier alpha value is -4.33. The average Bonchev–Trinajstić information content (AvgIpc) is 3.33. The molecule has 0 radical (unpaired) electrons. The van der Waals surface area contributed by atoms with E-state index in [-0.39, 0.29) is 51.3 Å². The van der Waals surface area contributed by atoms with E-state index in [2.05, 4.69) is 10.6 Å². The molecule has 2 heterocycles. The Morgan fingerprint density at radius 3 is 2.24 bits per heavy atom. The monoisotopic (exact) mass is 636 g/mol. The maximum absolute atomic E-state index is 13.8. The number of nitrogens with two attached hydrogens (primary N) is 2. The van der Waals surface area contributed by atoms with E-state index in [4.69, 9.17) is 16.2 Å². The zero-order valence-corrected chi connectivity index (χ0v) is 26.0. The number of rotatable bonds is 14. The molecule has 248 valence electrons. The molecule has 2 aromatic carbocycles. The number of nitrogens with one attached hydrogen (secondary N) is 2. The van der Waals surface area contributed by atoms with Crippen molar-refractivity contribution in [2.24, 2.45) is 11.5 Å². The molecule has 0 aliphatic carbocycles. The number of ether oxygens (including phenoxy) is 1. The molecule has 46 heavy (non-hydrogen) atoms. The van der Waals surface area contributed by atoms with Crippen molar-refractivity contribution in [2.75, 3.05) is 26.2 Å². The highest BCUT2D eigenvalue weighted by Crippen LogP contribution is 2.26. The number of hydrogen-bond acceptors (Lipinski definition) is 8. The molecule has 0 bridgehead atoms. The van der Waals surface area contributed by atoms with Crippen LogP contribution in [0.2, 0.25) is 0 Å². The molecule has 0 saturated carbocycles. The summed E-state index contributed by atoms with van der Waals surface area (Å²) in [6.45, 7) is 2.24. The molecular formula is C33H44N6O7. The smallest absolute Gasteiger partial charge is 0.334 e. The first-order chi connectivity index (χ1) is 22.1. The lowest BCUT2D eigenvalue weighted by Gasteiger charge is -2.37. The molecule has 2 unspecified atom stereocenters. The van der Waals surface area contributed by atoms with Gasteiger partial charge < -0.3 is 41.7 Å². The standard InChI is InChI=1S/C33H44N6O7/c1-21-17-26(31(42)39(21)27(13-8-14-34)32(43)38-15-16-46-28(20-38)33(44)45)37-30(41)25(19-23-11-6-3-7-12-23)36-29(40)24(35)18-22-9-4-2-5-10-22/h2-7,9-12,21,24-28H,8,13-20,34-35H2,1H3,(H,36,40)(H,37,41)(H,44,45)/t21?,24-,25-,26-,27-,28?/m1/s1. The van der Waals surface area contributed by atoms with Crippen molar-refractivity contribution in [2.45, 2.75) is 75.3 Å². The maximum Gasteiger partial charge on any atom is 0.334 e. The maximum atomic E-state index is 13.8. The van der Waals surface area contributed by atoms with Crippen LogP contribution in [0.25, 0.3) is 0 Å². The summed E-state index contributed by atoms with van der Waals surface area (Å²) < 4.78 is 5.27. The lowest BCUT2D eigenvalue weighted by atomic mass is 10.0. The molecule has 4 rings (SSSR count). The first-order valence-electron chi connectivity index (χ1n) is 15.7. The molecule has 4 amide bonds. The van der Waals surface area contributed by atoms with Gasteiger partial charge in [-0.1, -0.05) is 60.7 Å². The number of carboxylic acids is 1. The van der Waals surface area contributed by atoms with Gasteiger partial charge in [-0.15, -0.1) is 0 Å². The van der Waals surface area contributed by atoms with Crippen LogP contribution in [0.15, 0.2) is 60.7 Å². The van der Waals surface area contributed by atoms with E-state index in [1.165, 1.54) is 9.80 Å². The van der Waals surface area contributed by atoms with Gasteiger partial charge in [-0.25, -0.2) is 4.79 Å². The molecule has 13 nitrogen and oxygen atoms in total. The van der Waals surface area contributed by atoms with Crippen molar-refractivity contribution >= 4 is 29.6 Å². The Bertz CT molecular complexity index is 1360. The highest BCUT2D eigenvalue weighted by Gasteiger charge is 2.46. The highest BCUT2D eigenvalue weighted by atomic mass is 16.5. The van der Waals surface area contributed by atoms with Crippen molar-refractivity contribution in [3.8, 4) is 0 Å². The lowest BCUT2D eigenvalue weighted by molar-refractivity contribution is -0.162. The number of aliphatic carboxylic acids is 1. The number of nitrogens with zero attached hydrogens (tertiary/aromatic N) is 2. The van der Waals surface area contributed by atoms with Crippen LogP contribution in [0.3, 0.4) is 0 Å². The minimum absolute atomic E-state index is 0.0675. The number of carbonyl (C=O) groups is 5. The van der Waals surface area contributed by atoms with Crippen molar-refractivity contribution in [3.63, 3.8) is 0 Å². The Morgan fingerprint density at radius 1 is 1.00 bits per heavy atom. The predicted octanol–water partition coefficient (Wildman–Crippen LogP) is -0.191. The molecule has 0 spiro atoms. The minimum atomic E-state index is -1.16. The molecule has 6 atom stereocenters. The second-order valence-electron chi connectivity index (χ2n) is 11.9. The normalized spacial score (nSPS) is 21.7. The van der Waals surface area contributed by atoms with Gasteiger partial charge in [-0.2, -0.15) is 0 Å². The van der Waals surface area contributed by atoms with Crippen LogP contribution in [0.4, 0.5) is 0 Å². The van der Waals surface area contributed by atoms with Gasteiger partial charge in [0.1, 0.15) is 18.1 Å². The number of morpholine rings is 1. The zero-order chi connectivity index (χ0) is 33.2. The van der Waals surface area contributed by atoms with Crippen LogP contribution >= 0.6 is 0 Å². The third-order valence-corrected chi connectivity index (χ3v) is 8.43. The second-order valence-corrected chi connectivity index (χ2v) is 11.9. The Balaban J connectivity index is 1.47. The summed E-state index contributed by atoms with van der Waals surface area (Å²) in [6.07, 6.45) is 0.310.